The second-order valence-corrected chi connectivity index (χ2v) is 7.11. The van der Waals surface area contributed by atoms with Gasteiger partial charge in [-0.1, -0.05) is 70.8 Å². The summed E-state index contributed by atoms with van der Waals surface area (Å²) < 4.78 is 5.16. The van der Waals surface area contributed by atoms with Gasteiger partial charge in [0.2, 0.25) is 0 Å². The fourth-order valence-corrected chi connectivity index (χ4v) is 3.24. The number of nitrogens with one attached hydrogen (secondary N) is 1. The molecule has 132 valence electrons. The maximum Gasteiger partial charge on any atom is 0.407 e. The van der Waals surface area contributed by atoms with Crippen molar-refractivity contribution in [1.82, 2.24) is 5.32 Å². The molecule has 0 spiro atoms. The minimum absolute atomic E-state index is 0.280. The van der Waals surface area contributed by atoms with Crippen molar-refractivity contribution >= 4 is 17.4 Å². The number of hydrogen-bond acceptors (Lipinski definition) is 3. The molecular weight excluding hydrogens is 306 g/mol. The molecule has 23 heavy (non-hydrogen) atoms. The Balaban J connectivity index is 1.79. The Morgan fingerprint density at radius 2 is 1.70 bits per heavy atom. The van der Waals surface area contributed by atoms with E-state index in [2.05, 4.69) is 18.3 Å². The van der Waals surface area contributed by atoms with Crippen LogP contribution in [0.5, 0.6) is 0 Å². The van der Waals surface area contributed by atoms with E-state index in [1.54, 1.807) is 11.3 Å². The first-order valence-corrected chi connectivity index (χ1v) is 10.1. The number of carbonyl (C=O) groups is 1. The Morgan fingerprint density at radius 1 is 1.04 bits per heavy atom. The van der Waals surface area contributed by atoms with Gasteiger partial charge in [-0.25, -0.2) is 4.79 Å². The van der Waals surface area contributed by atoms with Gasteiger partial charge in [0.1, 0.15) is 0 Å². The van der Waals surface area contributed by atoms with Gasteiger partial charge >= 0.3 is 6.09 Å². The molecular formula is C19H33NO2S. The molecule has 0 saturated heterocycles. The number of amides is 1. The maximum atomic E-state index is 11.5. The maximum absolute atomic E-state index is 11.5. The van der Waals surface area contributed by atoms with Crippen LogP contribution in [0.15, 0.2) is 17.5 Å². The van der Waals surface area contributed by atoms with Crippen LogP contribution in [0.2, 0.25) is 0 Å². The summed E-state index contributed by atoms with van der Waals surface area (Å²) in [5.74, 6) is 0. The van der Waals surface area contributed by atoms with Gasteiger partial charge in [-0.05, 0) is 17.9 Å². The standard InChI is InChI=1S/C19H33NO2S/c1-2-3-4-5-6-7-8-9-10-11-15-20-19(21)22-16-14-18-13-12-17-23-18/h12-13,17H,2-11,14-16H2,1H3,(H,20,21). The molecule has 0 radical (unpaired) electrons. The lowest BCUT2D eigenvalue weighted by Crippen LogP contribution is -2.26. The molecule has 0 aliphatic heterocycles. The van der Waals surface area contributed by atoms with Crippen LogP contribution in [0.25, 0.3) is 0 Å². The molecule has 1 amide bonds. The van der Waals surface area contributed by atoms with Crippen molar-refractivity contribution in [2.45, 2.75) is 77.6 Å². The van der Waals surface area contributed by atoms with Crippen LogP contribution in [0.1, 0.15) is 76.0 Å². The highest BCUT2D eigenvalue weighted by Gasteiger charge is 2.01. The van der Waals surface area contributed by atoms with Crippen molar-refractivity contribution in [2.24, 2.45) is 0 Å². The second kappa shape index (κ2) is 14.6. The van der Waals surface area contributed by atoms with Crippen molar-refractivity contribution in [3.05, 3.63) is 22.4 Å². The average Bonchev–Trinajstić information content (AvgIpc) is 3.06. The SMILES string of the molecule is CCCCCCCCCCCCNC(=O)OCCc1cccs1. The van der Waals surface area contributed by atoms with Gasteiger partial charge in [0, 0.05) is 17.8 Å². The summed E-state index contributed by atoms with van der Waals surface area (Å²) in [6.45, 7) is 3.45. The Bertz CT molecular complexity index is 379. The zero-order valence-electron chi connectivity index (χ0n) is 14.6. The molecule has 3 nitrogen and oxygen atoms in total. The van der Waals surface area contributed by atoms with Crippen molar-refractivity contribution in [2.75, 3.05) is 13.2 Å². The normalized spacial score (nSPS) is 10.7. The molecule has 1 aromatic rings. The zero-order chi connectivity index (χ0) is 16.6. The van der Waals surface area contributed by atoms with Crippen molar-refractivity contribution in [3.8, 4) is 0 Å². The highest BCUT2D eigenvalue weighted by atomic mass is 32.1. The molecule has 0 aliphatic rings. The number of alkyl carbamates (subject to hydrolysis) is 1. The lowest BCUT2D eigenvalue weighted by molar-refractivity contribution is 0.147. The summed E-state index contributed by atoms with van der Waals surface area (Å²) in [6.07, 6.45) is 13.6. The first-order valence-electron chi connectivity index (χ1n) is 9.26. The molecule has 4 heteroatoms. The highest BCUT2D eigenvalue weighted by Crippen LogP contribution is 2.10. The first kappa shape index (κ1) is 20.0. The number of hydrogen-bond donors (Lipinski definition) is 1. The fourth-order valence-electron chi connectivity index (χ4n) is 2.55. The zero-order valence-corrected chi connectivity index (χ0v) is 15.5. The highest BCUT2D eigenvalue weighted by molar-refractivity contribution is 7.09. The van der Waals surface area contributed by atoms with E-state index < -0.39 is 0 Å². The van der Waals surface area contributed by atoms with Gasteiger partial charge in [-0.3, -0.25) is 0 Å². The van der Waals surface area contributed by atoms with Crippen molar-refractivity contribution in [3.63, 3.8) is 0 Å². The molecule has 0 unspecified atom stereocenters. The second-order valence-electron chi connectivity index (χ2n) is 6.07. The van der Waals surface area contributed by atoms with E-state index in [4.69, 9.17) is 4.74 Å². The monoisotopic (exact) mass is 339 g/mol. The summed E-state index contributed by atoms with van der Waals surface area (Å²) in [5, 5.41) is 4.87. The third kappa shape index (κ3) is 12.1. The van der Waals surface area contributed by atoms with Crippen LogP contribution in [-0.2, 0) is 11.2 Å². The Hall–Kier alpha value is -1.03. The Kier molecular flexibility index (Phi) is 12.7. The molecule has 0 atom stereocenters. The van der Waals surface area contributed by atoms with E-state index in [-0.39, 0.29) is 6.09 Å². The molecule has 0 fully saturated rings. The van der Waals surface area contributed by atoms with Crippen molar-refractivity contribution < 1.29 is 9.53 Å². The number of rotatable bonds is 14. The number of carbonyl (C=O) groups excluding carboxylic acids is 1. The Morgan fingerprint density at radius 3 is 2.30 bits per heavy atom. The molecule has 1 heterocycles. The topological polar surface area (TPSA) is 38.3 Å². The van der Waals surface area contributed by atoms with Crippen LogP contribution >= 0.6 is 11.3 Å². The van der Waals surface area contributed by atoms with E-state index in [1.807, 2.05) is 11.4 Å². The van der Waals surface area contributed by atoms with Crippen LogP contribution in [-0.4, -0.2) is 19.2 Å². The van der Waals surface area contributed by atoms with E-state index >= 15 is 0 Å². The molecule has 1 N–H and O–H groups in total. The predicted molar refractivity (Wildman–Crippen MR) is 99.2 cm³/mol. The largest absolute Gasteiger partial charge is 0.449 e. The molecule has 1 rings (SSSR count). The third-order valence-electron chi connectivity index (χ3n) is 3.96. The number of unbranched alkanes of at least 4 members (excludes halogenated alkanes) is 9. The van der Waals surface area contributed by atoms with Crippen LogP contribution in [0.4, 0.5) is 4.79 Å². The van der Waals surface area contributed by atoms with E-state index in [9.17, 15) is 4.79 Å². The van der Waals surface area contributed by atoms with Gasteiger partial charge in [0.05, 0.1) is 6.61 Å². The quantitative estimate of drug-likeness (QED) is 0.426. The Labute approximate surface area is 145 Å². The molecule has 0 saturated carbocycles. The lowest BCUT2D eigenvalue weighted by Gasteiger charge is -2.06. The summed E-state index contributed by atoms with van der Waals surface area (Å²) in [7, 11) is 0. The number of thiophene rings is 1. The fraction of sp³-hybridized carbons (Fsp3) is 0.737. The predicted octanol–water partition coefficient (Wildman–Crippen LogP) is 5.94. The smallest absolute Gasteiger partial charge is 0.407 e. The van der Waals surface area contributed by atoms with Crippen LogP contribution < -0.4 is 5.32 Å². The first-order chi connectivity index (χ1) is 11.3. The number of ether oxygens (including phenoxy) is 1. The summed E-state index contributed by atoms with van der Waals surface area (Å²) in [6, 6.07) is 4.08. The average molecular weight is 340 g/mol. The van der Waals surface area contributed by atoms with Gasteiger partial charge < -0.3 is 10.1 Å². The minimum atomic E-state index is -0.280. The molecule has 0 bridgehead atoms. The van der Waals surface area contributed by atoms with E-state index in [0.29, 0.717) is 6.61 Å². The molecule has 0 aliphatic carbocycles. The molecule has 1 aromatic heterocycles. The van der Waals surface area contributed by atoms with Crippen molar-refractivity contribution in [1.29, 1.82) is 0 Å². The van der Waals surface area contributed by atoms with Crippen LogP contribution in [0, 0.1) is 0 Å². The van der Waals surface area contributed by atoms with Crippen LogP contribution in [0.3, 0.4) is 0 Å². The van der Waals surface area contributed by atoms with E-state index in [0.717, 1.165) is 19.4 Å². The summed E-state index contributed by atoms with van der Waals surface area (Å²) in [4.78, 5) is 12.8. The minimum Gasteiger partial charge on any atom is -0.449 e. The summed E-state index contributed by atoms with van der Waals surface area (Å²) in [5.41, 5.74) is 0. The van der Waals surface area contributed by atoms with Gasteiger partial charge in [-0.2, -0.15) is 0 Å². The summed E-state index contributed by atoms with van der Waals surface area (Å²) >= 11 is 1.70. The van der Waals surface area contributed by atoms with E-state index in [1.165, 1.54) is 62.7 Å². The van der Waals surface area contributed by atoms with Gasteiger partial charge in [0.25, 0.3) is 0 Å². The lowest BCUT2D eigenvalue weighted by atomic mass is 10.1. The third-order valence-corrected chi connectivity index (χ3v) is 4.90. The van der Waals surface area contributed by atoms with Gasteiger partial charge in [0.15, 0.2) is 0 Å². The van der Waals surface area contributed by atoms with Gasteiger partial charge in [-0.15, -0.1) is 11.3 Å². The molecule has 0 aromatic carbocycles.